The Morgan fingerprint density at radius 2 is 0.730 bits per heavy atom. The molecule has 0 heterocycles. The van der Waals surface area contributed by atoms with Crippen LogP contribution in [0.15, 0.2) is 36.5 Å². The van der Waals surface area contributed by atoms with Crippen LogP contribution >= 0.6 is 7.82 Å². The standard InChI is InChI=1S/C64H122NO8P/c1-6-8-10-12-14-16-18-20-22-24-26-28-29-30-31-32-33-34-35-37-39-41-43-45-47-49-51-53-55-57-64(67)73-62(61-72-74(68,69)71-59-58-65(3,4)5)60-70-63(66)56-54-52-50-48-46-44-42-40-38-36-27-25-23-21-19-17-15-13-11-9-7-2/h18,20,24,26,29-30,62H,6-17,19,21-23,25,27-28,31-61H2,1-5H3/p+1/b20-18-,26-24-,30-29-. The van der Waals surface area contributed by atoms with Gasteiger partial charge in [-0.1, -0.05) is 281 Å². The van der Waals surface area contributed by atoms with Crippen LogP contribution in [-0.4, -0.2) is 74.9 Å². The first-order chi connectivity index (χ1) is 36.0. The number of phosphoric acid groups is 1. The molecule has 10 heteroatoms. The number of quaternary nitrogens is 1. The van der Waals surface area contributed by atoms with Crippen LogP contribution in [-0.2, 0) is 32.7 Å². The van der Waals surface area contributed by atoms with E-state index in [4.69, 9.17) is 18.5 Å². The van der Waals surface area contributed by atoms with E-state index in [9.17, 15) is 19.0 Å². The number of phosphoric ester groups is 1. The Morgan fingerprint density at radius 3 is 1.08 bits per heavy atom. The largest absolute Gasteiger partial charge is 0.472 e. The molecule has 436 valence electrons. The summed E-state index contributed by atoms with van der Waals surface area (Å²) in [6, 6.07) is 0. The molecule has 0 saturated heterocycles. The number of nitrogens with zero attached hydrogens (tertiary/aromatic N) is 1. The summed E-state index contributed by atoms with van der Waals surface area (Å²) in [7, 11) is 1.49. The Morgan fingerprint density at radius 1 is 0.419 bits per heavy atom. The molecule has 0 aliphatic rings. The second-order valence-corrected chi connectivity index (χ2v) is 24.3. The topological polar surface area (TPSA) is 108 Å². The van der Waals surface area contributed by atoms with Crippen molar-refractivity contribution in [2.24, 2.45) is 0 Å². The average Bonchev–Trinajstić information content (AvgIpc) is 3.36. The highest BCUT2D eigenvalue weighted by molar-refractivity contribution is 7.47. The van der Waals surface area contributed by atoms with Gasteiger partial charge in [-0.05, 0) is 51.4 Å². The summed E-state index contributed by atoms with van der Waals surface area (Å²) in [4.78, 5) is 35.8. The van der Waals surface area contributed by atoms with Gasteiger partial charge in [-0.15, -0.1) is 0 Å². The van der Waals surface area contributed by atoms with Crippen molar-refractivity contribution in [2.45, 2.75) is 315 Å². The second-order valence-electron chi connectivity index (χ2n) is 22.8. The van der Waals surface area contributed by atoms with Crippen LogP contribution in [0.2, 0.25) is 0 Å². The highest BCUT2D eigenvalue weighted by atomic mass is 31.2. The Hall–Kier alpha value is -1.77. The summed E-state index contributed by atoms with van der Waals surface area (Å²) in [6.45, 7) is 4.48. The summed E-state index contributed by atoms with van der Waals surface area (Å²) < 4.78 is 34.7. The van der Waals surface area contributed by atoms with Crippen molar-refractivity contribution in [3.63, 3.8) is 0 Å². The van der Waals surface area contributed by atoms with Crippen LogP contribution in [0, 0.1) is 0 Å². The average molecular weight is 1070 g/mol. The predicted molar refractivity (Wildman–Crippen MR) is 317 cm³/mol. The Labute approximate surface area is 459 Å². The molecule has 0 saturated carbocycles. The molecule has 0 radical (unpaired) electrons. The number of unbranched alkanes of at least 4 members (excludes halogenated alkanes) is 39. The van der Waals surface area contributed by atoms with Crippen molar-refractivity contribution in [2.75, 3.05) is 47.5 Å². The first-order valence-electron chi connectivity index (χ1n) is 31.7. The second kappa shape index (κ2) is 56.0. The maximum absolute atomic E-state index is 12.8. The summed E-state index contributed by atoms with van der Waals surface area (Å²) in [5, 5.41) is 0. The molecule has 0 aromatic rings. The minimum Gasteiger partial charge on any atom is -0.462 e. The molecule has 0 bridgehead atoms. The van der Waals surface area contributed by atoms with E-state index in [1.165, 1.54) is 231 Å². The van der Waals surface area contributed by atoms with Crippen molar-refractivity contribution in [3.05, 3.63) is 36.5 Å². The zero-order valence-corrected chi connectivity index (χ0v) is 50.5. The van der Waals surface area contributed by atoms with Gasteiger partial charge in [0.1, 0.15) is 19.8 Å². The molecule has 74 heavy (non-hydrogen) atoms. The van der Waals surface area contributed by atoms with Gasteiger partial charge < -0.3 is 18.9 Å². The van der Waals surface area contributed by atoms with Gasteiger partial charge in [-0.3, -0.25) is 18.6 Å². The van der Waals surface area contributed by atoms with E-state index in [-0.39, 0.29) is 25.6 Å². The highest BCUT2D eigenvalue weighted by Crippen LogP contribution is 2.43. The number of esters is 2. The fraction of sp³-hybridized carbons (Fsp3) is 0.875. The zero-order chi connectivity index (χ0) is 54.2. The lowest BCUT2D eigenvalue weighted by Gasteiger charge is -2.24. The van der Waals surface area contributed by atoms with E-state index in [0.717, 1.165) is 44.9 Å². The van der Waals surface area contributed by atoms with Gasteiger partial charge in [0.05, 0.1) is 27.7 Å². The Kier molecular flexibility index (Phi) is 54.6. The number of ether oxygens (including phenoxy) is 2. The van der Waals surface area contributed by atoms with Gasteiger partial charge in [0, 0.05) is 12.8 Å². The summed E-state index contributed by atoms with van der Waals surface area (Å²) in [6.07, 6.45) is 69.4. The number of carbonyl (C=O) groups is 2. The van der Waals surface area contributed by atoms with Crippen molar-refractivity contribution < 1.29 is 42.1 Å². The smallest absolute Gasteiger partial charge is 0.462 e. The third-order valence-electron chi connectivity index (χ3n) is 14.2. The summed E-state index contributed by atoms with van der Waals surface area (Å²) >= 11 is 0. The first-order valence-corrected chi connectivity index (χ1v) is 33.2. The molecule has 0 rings (SSSR count). The van der Waals surface area contributed by atoms with E-state index in [2.05, 4.69) is 50.3 Å². The normalized spacial score (nSPS) is 13.4. The molecule has 2 unspecified atom stereocenters. The van der Waals surface area contributed by atoms with Crippen molar-refractivity contribution >= 4 is 19.8 Å². The van der Waals surface area contributed by atoms with E-state index >= 15 is 0 Å². The molecule has 1 N–H and O–H groups in total. The molecular formula is C64H123NO8P+. The fourth-order valence-electron chi connectivity index (χ4n) is 9.26. The lowest BCUT2D eigenvalue weighted by Crippen LogP contribution is -2.37. The molecule has 9 nitrogen and oxygen atoms in total. The number of likely N-dealkylation sites (N-methyl/N-ethyl adjacent to an activating group) is 1. The molecule has 0 aliphatic carbocycles. The van der Waals surface area contributed by atoms with Gasteiger partial charge >= 0.3 is 19.8 Å². The van der Waals surface area contributed by atoms with Gasteiger partial charge in [0.25, 0.3) is 0 Å². The van der Waals surface area contributed by atoms with Crippen LogP contribution in [0.3, 0.4) is 0 Å². The van der Waals surface area contributed by atoms with Crippen LogP contribution < -0.4 is 0 Å². The highest BCUT2D eigenvalue weighted by Gasteiger charge is 2.27. The molecule has 2 atom stereocenters. The molecule has 0 spiro atoms. The number of rotatable bonds is 59. The fourth-order valence-corrected chi connectivity index (χ4v) is 10.0. The Bertz CT molecular complexity index is 1340. The third-order valence-corrected chi connectivity index (χ3v) is 15.2. The minimum atomic E-state index is -4.39. The summed E-state index contributed by atoms with van der Waals surface area (Å²) in [5.74, 6) is -0.781. The van der Waals surface area contributed by atoms with E-state index < -0.39 is 26.5 Å². The first kappa shape index (κ1) is 72.2. The molecule has 0 aromatic heterocycles. The Balaban J connectivity index is 4.08. The van der Waals surface area contributed by atoms with Gasteiger partial charge in [0.2, 0.25) is 0 Å². The van der Waals surface area contributed by atoms with Crippen molar-refractivity contribution in [1.29, 1.82) is 0 Å². The number of hydrogen-bond donors (Lipinski definition) is 1. The van der Waals surface area contributed by atoms with Crippen LogP contribution in [0.1, 0.15) is 309 Å². The maximum Gasteiger partial charge on any atom is 0.472 e. The van der Waals surface area contributed by atoms with E-state index in [1.807, 2.05) is 21.1 Å². The van der Waals surface area contributed by atoms with E-state index in [1.54, 1.807) is 0 Å². The lowest BCUT2D eigenvalue weighted by molar-refractivity contribution is -0.870. The molecule has 0 aromatic carbocycles. The van der Waals surface area contributed by atoms with E-state index in [0.29, 0.717) is 23.9 Å². The monoisotopic (exact) mass is 1060 g/mol. The van der Waals surface area contributed by atoms with Crippen molar-refractivity contribution in [1.82, 2.24) is 0 Å². The SMILES string of the molecule is CCCCCCC/C=C\C/C=C\C/C=C\CCCCCCCCCCCCCCCCC(=O)OC(COC(=O)CCCCCCCCCCCCCCCCCCCCCCC)COP(=O)(O)OCC[N+](C)(C)C. The molecule has 0 aliphatic heterocycles. The van der Waals surface area contributed by atoms with Crippen molar-refractivity contribution in [3.8, 4) is 0 Å². The quantitative estimate of drug-likeness (QED) is 0.0211. The van der Waals surface area contributed by atoms with Crippen LogP contribution in [0.25, 0.3) is 0 Å². The minimum absolute atomic E-state index is 0.0338. The molecule has 0 amide bonds. The lowest BCUT2D eigenvalue weighted by atomic mass is 10.0. The number of carbonyl (C=O) groups excluding carboxylic acids is 2. The van der Waals surface area contributed by atoms with Gasteiger partial charge in [-0.25, -0.2) is 4.57 Å². The van der Waals surface area contributed by atoms with Gasteiger partial charge in [-0.2, -0.15) is 0 Å². The molecular weight excluding hydrogens is 942 g/mol. The predicted octanol–water partition coefficient (Wildman–Crippen LogP) is 19.9. The summed E-state index contributed by atoms with van der Waals surface area (Å²) in [5.41, 5.74) is 0. The molecule has 0 fully saturated rings. The maximum atomic E-state index is 12.8. The van der Waals surface area contributed by atoms with Gasteiger partial charge in [0.15, 0.2) is 6.10 Å². The zero-order valence-electron chi connectivity index (χ0n) is 49.6. The van der Waals surface area contributed by atoms with Crippen LogP contribution in [0.5, 0.6) is 0 Å². The van der Waals surface area contributed by atoms with Crippen LogP contribution in [0.4, 0.5) is 0 Å². The number of allylic oxidation sites excluding steroid dienone is 6. The third kappa shape index (κ3) is 59.5. The number of hydrogen-bond acceptors (Lipinski definition) is 7.